The molecule has 2 N–H and O–H groups in total. The van der Waals surface area contributed by atoms with Crippen LogP contribution in [0.5, 0.6) is 0 Å². The molecule has 6 heteroatoms. The first-order valence-corrected chi connectivity index (χ1v) is 8.28. The molecule has 0 aromatic heterocycles. The first kappa shape index (κ1) is 18.0. The third kappa shape index (κ3) is 6.04. The van der Waals surface area contributed by atoms with Gasteiger partial charge in [-0.1, -0.05) is 58.4 Å². The summed E-state index contributed by atoms with van der Waals surface area (Å²) in [4.78, 5) is 23.1. The summed E-state index contributed by atoms with van der Waals surface area (Å²) < 4.78 is 6.02. The van der Waals surface area contributed by atoms with Crippen LogP contribution in [-0.2, 0) is 22.6 Å². The number of benzene rings is 2. The number of carbonyl (C=O) groups is 2. The zero-order chi connectivity index (χ0) is 17.4. The smallest absolute Gasteiger partial charge is 0.408 e. The zero-order valence-corrected chi connectivity index (χ0v) is 14.5. The SMILES string of the molecule is O=C(NC(CCc1ccc(Br)cc1)C(=O)O)OCc1ccccc1. The van der Waals surface area contributed by atoms with Gasteiger partial charge in [0.15, 0.2) is 0 Å². The van der Waals surface area contributed by atoms with Gasteiger partial charge >= 0.3 is 12.1 Å². The highest BCUT2D eigenvalue weighted by Crippen LogP contribution is 2.12. The van der Waals surface area contributed by atoms with Crippen LogP contribution in [0.3, 0.4) is 0 Å². The number of aliphatic carboxylic acids is 1. The van der Waals surface area contributed by atoms with Crippen molar-refractivity contribution in [2.24, 2.45) is 0 Å². The molecule has 2 aromatic rings. The van der Waals surface area contributed by atoms with E-state index in [4.69, 9.17) is 4.74 Å². The molecule has 24 heavy (non-hydrogen) atoms. The Hall–Kier alpha value is -2.34. The molecule has 0 saturated carbocycles. The molecule has 0 saturated heterocycles. The molecule has 0 aliphatic heterocycles. The lowest BCUT2D eigenvalue weighted by Gasteiger charge is -2.14. The van der Waals surface area contributed by atoms with Gasteiger partial charge in [0.2, 0.25) is 0 Å². The van der Waals surface area contributed by atoms with Gasteiger partial charge in [0.05, 0.1) is 0 Å². The number of rotatable bonds is 7. The number of carbonyl (C=O) groups excluding carboxylic acids is 1. The molecule has 2 rings (SSSR count). The van der Waals surface area contributed by atoms with Gasteiger partial charge in [-0.2, -0.15) is 0 Å². The minimum atomic E-state index is -1.08. The highest BCUT2D eigenvalue weighted by molar-refractivity contribution is 9.10. The number of halogens is 1. The quantitative estimate of drug-likeness (QED) is 0.753. The molecular weight excluding hydrogens is 374 g/mol. The van der Waals surface area contributed by atoms with Crippen molar-refractivity contribution in [1.82, 2.24) is 5.32 Å². The minimum absolute atomic E-state index is 0.103. The fourth-order valence-electron chi connectivity index (χ4n) is 2.13. The summed E-state index contributed by atoms with van der Waals surface area (Å²) in [5, 5.41) is 11.7. The predicted octanol–water partition coefficient (Wildman–Crippen LogP) is 3.76. The second kappa shape index (κ2) is 9.08. The number of alkyl carbamates (subject to hydrolysis) is 1. The predicted molar refractivity (Wildman–Crippen MR) is 93.6 cm³/mol. The van der Waals surface area contributed by atoms with E-state index in [2.05, 4.69) is 21.2 Å². The van der Waals surface area contributed by atoms with Crippen LogP contribution < -0.4 is 5.32 Å². The van der Waals surface area contributed by atoms with Crippen molar-refractivity contribution in [3.8, 4) is 0 Å². The van der Waals surface area contributed by atoms with E-state index in [1.807, 2.05) is 54.6 Å². The molecule has 0 fully saturated rings. The Morgan fingerprint density at radius 2 is 1.71 bits per heavy atom. The van der Waals surface area contributed by atoms with Crippen molar-refractivity contribution in [2.75, 3.05) is 0 Å². The number of amides is 1. The van der Waals surface area contributed by atoms with Crippen LogP contribution in [0.1, 0.15) is 17.5 Å². The number of carboxylic acids is 1. The van der Waals surface area contributed by atoms with E-state index in [1.165, 1.54) is 0 Å². The molecule has 1 atom stereocenters. The zero-order valence-electron chi connectivity index (χ0n) is 12.9. The Labute approximate surface area is 148 Å². The van der Waals surface area contributed by atoms with Gasteiger partial charge in [-0.3, -0.25) is 0 Å². The van der Waals surface area contributed by atoms with Gasteiger partial charge < -0.3 is 15.2 Å². The van der Waals surface area contributed by atoms with Crippen molar-refractivity contribution in [1.29, 1.82) is 0 Å². The van der Waals surface area contributed by atoms with Gasteiger partial charge in [-0.25, -0.2) is 9.59 Å². The molecule has 0 spiro atoms. The summed E-state index contributed by atoms with van der Waals surface area (Å²) in [5.41, 5.74) is 1.85. The lowest BCUT2D eigenvalue weighted by atomic mass is 10.1. The van der Waals surface area contributed by atoms with Gasteiger partial charge in [-0.15, -0.1) is 0 Å². The molecule has 0 radical (unpaired) electrons. The van der Waals surface area contributed by atoms with E-state index in [0.717, 1.165) is 15.6 Å². The summed E-state index contributed by atoms with van der Waals surface area (Å²) >= 11 is 3.35. The first-order chi connectivity index (χ1) is 11.5. The van der Waals surface area contributed by atoms with E-state index in [-0.39, 0.29) is 13.0 Å². The average molecular weight is 392 g/mol. The molecule has 1 unspecified atom stereocenters. The monoisotopic (exact) mass is 391 g/mol. The minimum Gasteiger partial charge on any atom is -0.480 e. The van der Waals surface area contributed by atoms with E-state index >= 15 is 0 Å². The summed E-state index contributed by atoms with van der Waals surface area (Å²) in [6.07, 6.45) is 0.0997. The van der Waals surface area contributed by atoms with Crippen molar-refractivity contribution in [3.63, 3.8) is 0 Å². The number of hydrogen-bond acceptors (Lipinski definition) is 3. The normalized spacial score (nSPS) is 11.5. The fraction of sp³-hybridized carbons (Fsp3) is 0.222. The number of ether oxygens (including phenoxy) is 1. The van der Waals surface area contributed by atoms with Crippen molar-refractivity contribution < 1.29 is 19.4 Å². The van der Waals surface area contributed by atoms with Crippen LogP contribution in [0.25, 0.3) is 0 Å². The average Bonchev–Trinajstić information content (AvgIpc) is 2.59. The van der Waals surface area contributed by atoms with Crippen molar-refractivity contribution in [3.05, 3.63) is 70.2 Å². The topological polar surface area (TPSA) is 75.6 Å². The van der Waals surface area contributed by atoms with Gasteiger partial charge in [-0.05, 0) is 36.1 Å². The standard InChI is InChI=1S/C18H18BrNO4/c19-15-9-6-13(7-10-15)8-11-16(17(21)22)20-18(23)24-12-14-4-2-1-3-5-14/h1-7,9-10,16H,8,11-12H2,(H,20,23)(H,21,22). The molecule has 126 valence electrons. The Morgan fingerprint density at radius 1 is 1.04 bits per heavy atom. The summed E-state index contributed by atoms with van der Waals surface area (Å²) in [6.45, 7) is 0.103. The van der Waals surface area contributed by atoms with Crippen LogP contribution >= 0.6 is 15.9 Å². The van der Waals surface area contributed by atoms with Crippen LogP contribution in [0, 0.1) is 0 Å². The number of nitrogens with one attached hydrogen (secondary N) is 1. The third-order valence-corrected chi connectivity index (χ3v) is 3.97. The molecular formula is C18H18BrNO4. The van der Waals surface area contributed by atoms with Crippen LogP contribution in [0.15, 0.2) is 59.1 Å². The van der Waals surface area contributed by atoms with Crippen LogP contribution in [0.4, 0.5) is 4.79 Å². The Bertz CT molecular complexity index is 673. The van der Waals surface area contributed by atoms with E-state index in [9.17, 15) is 14.7 Å². The first-order valence-electron chi connectivity index (χ1n) is 7.49. The van der Waals surface area contributed by atoms with Gasteiger partial charge in [0.25, 0.3) is 0 Å². The number of aryl methyl sites for hydroxylation is 1. The summed E-state index contributed by atoms with van der Waals surface area (Å²) in [5.74, 6) is -1.08. The van der Waals surface area contributed by atoms with E-state index in [0.29, 0.717) is 6.42 Å². The molecule has 5 nitrogen and oxygen atoms in total. The molecule has 2 aromatic carbocycles. The number of carboxylic acid groups (broad SMARTS) is 1. The molecule has 0 bridgehead atoms. The largest absolute Gasteiger partial charge is 0.480 e. The maximum atomic E-state index is 11.8. The highest BCUT2D eigenvalue weighted by Gasteiger charge is 2.20. The maximum Gasteiger partial charge on any atom is 0.408 e. The lowest BCUT2D eigenvalue weighted by molar-refractivity contribution is -0.139. The molecule has 0 heterocycles. The molecule has 0 aliphatic rings. The van der Waals surface area contributed by atoms with Gasteiger partial charge in [0.1, 0.15) is 12.6 Å². The Morgan fingerprint density at radius 3 is 2.33 bits per heavy atom. The second-order valence-corrected chi connectivity index (χ2v) is 6.18. The Kier molecular flexibility index (Phi) is 6.81. The fourth-order valence-corrected chi connectivity index (χ4v) is 2.39. The van der Waals surface area contributed by atoms with E-state index < -0.39 is 18.1 Å². The summed E-state index contributed by atoms with van der Waals surface area (Å²) in [6, 6.07) is 15.8. The van der Waals surface area contributed by atoms with Crippen molar-refractivity contribution in [2.45, 2.75) is 25.5 Å². The van der Waals surface area contributed by atoms with Crippen LogP contribution in [-0.4, -0.2) is 23.2 Å². The molecule has 1 amide bonds. The van der Waals surface area contributed by atoms with E-state index in [1.54, 1.807) is 0 Å². The Balaban J connectivity index is 1.82. The second-order valence-electron chi connectivity index (χ2n) is 5.26. The summed E-state index contributed by atoms with van der Waals surface area (Å²) in [7, 11) is 0. The molecule has 0 aliphatic carbocycles. The van der Waals surface area contributed by atoms with Crippen molar-refractivity contribution >= 4 is 28.0 Å². The van der Waals surface area contributed by atoms with Crippen LogP contribution in [0.2, 0.25) is 0 Å². The highest BCUT2D eigenvalue weighted by atomic mass is 79.9. The lowest BCUT2D eigenvalue weighted by Crippen LogP contribution is -2.41. The maximum absolute atomic E-state index is 11.8. The number of hydrogen-bond donors (Lipinski definition) is 2. The van der Waals surface area contributed by atoms with Gasteiger partial charge in [0, 0.05) is 4.47 Å². The third-order valence-electron chi connectivity index (χ3n) is 3.44.